The minimum atomic E-state index is 0.478. The highest BCUT2D eigenvalue weighted by Gasteiger charge is 2.27. The van der Waals surface area contributed by atoms with Gasteiger partial charge in [-0.2, -0.15) is 0 Å². The zero-order valence-electron chi connectivity index (χ0n) is 34.8. The zero-order valence-corrected chi connectivity index (χ0v) is 34.8. The third-order valence-corrected chi connectivity index (χ3v) is 10.8. The molecule has 0 fully saturated rings. The first kappa shape index (κ1) is 38.9. The van der Waals surface area contributed by atoms with Crippen LogP contribution in [0.5, 0.6) is 17.2 Å². The van der Waals surface area contributed by atoms with Gasteiger partial charge in [0.1, 0.15) is 17.9 Å². The van der Waals surface area contributed by atoms with Gasteiger partial charge in [0.15, 0.2) is 46.1 Å². The topological polar surface area (TPSA) is 135 Å². The van der Waals surface area contributed by atoms with Gasteiger partial charge in [-0.25, -0.2) is 29.9 Å². The van der Waals surface area contributed by atoms with Gasteiger partial charge in [-0.1, -0.05) is 126 Å². The van der Waals surface area contributed by atoms with Crippen LogP contribution in [0.3, 0.4) is 0 Å². The lowest BCUT2D eigenvalue weighted by molar-refractivity contribution is 0.124. The molecule has 5 heterocycles. The van der Waals surface area contributed by atoms with Crippen LogP contribution < -0.4 is 19.0 Å². The van der Waals surface area contributed by atoms with Crippen LogP contribution in [0.4, 0.5) is 0 Å². The van der Waals surface area contributed by atoms with E-state index < -0.39 is 0 Å². The minimum absolute atomic E-state index is 0.478. The molecule has 0 saturated carbocycles. The Balaban J connectivity index is 1.45. The maximum atomic E-state index is 6.74. The van der Waals surface area contributed by atoms with Crippen molar-refractivity contribution in [3.63, 3.8) is 0 Å². The van der Waals surface area contributed by atoms with E-state index in [0.29, 0.717) is 89.6 Å². The van der Waals surface area contributed by atoms with E-state index in [1.165, 1.54) is 0 Å². The van der Waals surface area contributed by atoms with Crippen molar-refractivity contribution < 1.29 is 19.0 Å². The number of nitrogens with one attached hydrogen (secondary N) is 1. The number of ether oxygens (including phenoxy) is 3. The van der Waals surface area contributed by atoms with E-state index in [1.54, 1.807) is 4.73 Å². The normalized spacial score (nSPS) is 11.8. The van der Waals surface area contributed by atoms with Gasteiger partial charge >= 0.3 is 0 Å². The third kappa shape index (κ3) is 7.24. The molecule has 0 unspecified atom stereocenters. The maximum absolute atomic E-state index is 6.74. The summed E-state index contributed by atoms with van der Waals surface area (Å²) in [5.41, 5.74) is 5.67. The fourth-order valence-electron chi connectivity index (χ4n) is 7.56. The first-order valence-electron chi connectivity index (χ1n) is 21.5. The number of H-pyrrole nitrogens is 1. The molecule has 306 valence electrons. The Hall–Kier alpha value is -6.56. The highest BCUT2D eigenvalue weighted by molar-refractivity contribution is 6.11. The van der Waals surface area contributed by atoms with Gasteiger partial charge in [0.25, 0.3) is 0 Å². The summed E-state index contributed by atoms with van der Waals surface area (Å²) < 4.78 is 21.6. The van der Waals surface area contributed by atoms with Crippen molar-refractivity contribution in [3.05, 3.63) is 78.9 Å². The number of fused-ring (bicyclic) bond motifs is 20. The number of unbranched alkanes of at least 4 members (excludes halogenated alkanes) is 4. The quantitative estimate of drug-likeness (QED) is 0.0940. The molecule has 2 aliphatic rings. The van der Waals surface area contributed by atoms with Gasteiger partial charge in [-0.3, -0.25) is 0 Å². The number of aromatic amines is 1. The Kier molecular flexibility index (Phi) is 11.3. The first-order valence-corrected chi connectivity index (χ1v) is 21.5. The van der Waals surface area contributed by atoms with E-state index in [4.69, 9.17) is 49.0 Å². The molecule has 4 aromatic carbocycles. The van der Waals surface area contributed by atoms with E-state index in [-0.39, 0.29) is 0 Å². The molecule has 12 heteroatoms. The van der Waals surface area contributed by atoms with Gasteiger partial charge in [0.05, 0.1) is 25.2 Å². The molecule has 3 aromatic heterocycles. The second-order valence-electron chi connectivity index (χ2n) is 15.1. The second kappa shape index (κ2) is 17.3. The molecule has 0 saturated heterocycles. The predicted octanol–water partition coefficient (Wildman–Crippen LogP) is 11.1. The Morgan fingerprint density at radius 1 is 0.467 bits per heavy atom. The predicted molar refractivity (Wildman–Crippen MR) is 237 cm³/mol. The van der Waals surface area contributed by atoms with Crippen LogP contribution in [-0.4, -0.2) is 66.0 Å². The Labute approximate surface area is 349 Å². The smallest absolute Gasteiger partial charge is 0.204 e. The summed E-state index contributed by atoms with van der Waals surface area (Å²) in [5, 5.41) is 3.25. The molecule has 0 atom stereocenters. The molecule has 1 N–H and O–H groups in total. The summed E-state index contributed by atoms with van der Waals surface area (Å²) in [4.78, 5) is 41.7. The zero-order chi connectivity index (χ0) is 41.0. The van der Waals surface area contributed by atoms with E-state index in [1.807, 2.05) is 78.9 Å². The Bertz CT molecular complexity index is 2870. The molecular formula is C48H50N8O4. The molecule has 9 rings (SSSR count). The molecular weight excluding hydrogens is 753 g/mol. The summed E-state index contributed by atoms with van der Waals surface area (Å²) in [7, 11) is 0. The van der Waals surface area contributed by atoms with E-state index >= 15 is 0 Å². The van der Waals surface area contributed by atoms with Crippen molar-refractivity contribution in [2.45, 2.75) is 79.1 Å². The van der Waals surface area contributed by atoms with Crippen LogP contribution in [0, 0.1) is 0 Å². The van der Waals surface area contributed by atoms with Crippen LogP contribution in [0.2, 0.25) is 0 Å². The second-order valence-corrected chi connectivity index (χ2v) is 15.1. The van der Waals surface area contributed by atoms with E-state index in [0.717, 1.165) is 95.2 Å². The largest absolute Gasteiger partial charge is 0.490 e. The van der Waals surface area contributed by atoms with Gasteiger partial charge in [0.2, 0.25) is 5.75 Å². The summed E-state index contributed by atoms with van der Waals surface area (Å²) in [5.74, 6) is 3.78. The van der Waals surface area contributed by atoms with Crippen LogP contribution in [0.1, 0.15) is 79.1 Å². The standard InChI is InChI=1S/C48H50N8O4/c1-5-9-25-57-37-29-36-38(40(59-27-11-7-3)39(37)58-26-10-6-2)46-52-42-31-20-14-16-22-33(31)44(50-42)55-48-35-24-18-17-23-34(35)47(56(48)60-28-12-8-4)54-43-32-21-15-13-19-30(32)41(49-43)51-45(36)53-46/h13-24,29H,5-12,25-28H2,1-4H3,(H,49,50,51,52,53,54,55). The number of rotatable bonds is 16. The fourth-order valence-corrected chi connectivity index (χ4v) is 7.56. The summed E-state index contributed by atoms with van der Waals surface area (Å²) in [6.45, 7) is 10.6. The van der Waals surface area contributed by atoms with Crippen molar-refractivity contribution >= 4 is 44.1 Å². The average Bonchev–Trinajstić information content (AvgIpc) is 3.99. The molecule has 0 spiro atoms. The number of hydrogen-bond donors (Lipinski definition) is 1. The van der Waals surface area contributed by atoms with E-state index in [2.05, 4.69) is 32.7 Å². The molecule has 12 nitrogen and oxygen atoms in total. The summed E-state index contributed by atoms with van der Waals surface area (Å²) >= 11 is 0. The van der Waals surface area contributed by atoms with Crippen molar-refractivity contribution in [2.75, 3.05) is 26.4 Å². The first-order chi connectivity index (χ1) is 29.6. The highest BCUT2D eigenvalue weighted by atomic mass is 16.7. The van der Waals surface area contributed by atoms with Crippen molar-refractivity contribution in [2.24, 2.45) is 0 Å². The monoisotopic (exact) mass is 802 g/mol. The molecule has 2 aliphatic heterocycles. The number of aromatic nitrogens is 8. The summed E-state index contributed by atoms with van der Waals surface area (Å²) in [6.07, 6.45) is 7.42. The van der Waals surface area contributed by atoms with Crippen LogP contribution in [0.15, 0.2) is 78.9 Å². The third-order valence-electron chi connectivity index (χ3n) is 10.8. The lowest BCUT2D eigenvalue weighted by Gasteiger charge is -2.18. The SMILES string of the molecule is CCCCOc1cc2c3nc4nc(nc5c6ccccc6c(nc6nc(nc([nH]3)c2c(OCCCC)c1OCCCC)-c1ccccc1-6)n5OCCCC)-c1ccccc1-4. The number of benzene rings is 4. The Morgan fingerprint density at radius 3 is 1.45 bits per heavy atom. The minimum Gasteiger partial charge on any atom is -0.490 e. The van der Waals surface area contributed by atoms with Crippen molar-refractivity contribution in [1.29, 1.82) is 0 Å². The fraction of sp³-hybridized carbons (Fsp3) is 0.333. The van der Waals surface area contributed by atoms with E-state index in [9.17, 15) is 0 Å². The van der Waals surface area contributed by atoms with Crippen molar-refractivity contribution in [3.8, 4) is 62.8 Å². The molecule has 60 heavy (non-hydrogen) atoms. The summed E-state index contributed by atoms with van der Waals surface area (Å²) in [6, 6.07) is 26.2. The molecule has 0 amide bonds. The maximum Gasteiger partial charge on any atom is 0.204 e. The van der Waals surface area contributed by atoms with Gasteiger partial charge < -0.3 is 24.0 Å². The molecule has 7 aromatic rings. The number of nitrogens with zero attached hydrogens (tertiary/aromatic N) is 7. The molecule has 8 bridgehead atoms. The van der Waals surface area contributed by atoms with Crippen LogP contribution in [-0.2, 0) is 0 Å². The van der Waals surface area contributed by atoms with Crippen LogP contribution in [0.25, 0.3) is 89.7 Å². The average molecular weight is 803 g/mol. The van der Waals surface area contributed by atoms with Gasteiger partial charge in [-0.05, 0) is 31.7 Å². The van der Waals surface area contributed by atoms with Crippen LogP contribution >= 0.6 is 0 Å². The van der Waals surface area contributed by atoms with Gasteiger partial charge in [0, 0.05) is 38.4 Å². The Morgan fingerprint density at radius 2 is 0.917 bits per heavy atom. The lowest BCUT2D eigenvalue weighted by atomic mass is 10.1. The molecule has 0 aliphatic carbocycles. The number of hydrogen-bond acceptors (Lipinski definition) is 10. The molecule has 0 radical (unpaired) electrons. The van der Waals surface area contributed by atoms with Gasteiger partial charge in [-0.15, -0.1) is 4.73 Å². The van der Waals surface area contributed by atoms with Crippen molar-refractivity contribution in [1.82, 2.24) is 39.6 Å². The lowest BCUT2D eigenvalue weighted by Crippen LogP contribution is -2.13. The highest BCUT2D eigenvalue weighted by Crippen LogP contribution is 2.47.